The first kappa shape index (κ1) is 25.8. The molecule has 0 fully saturated rings. The molecule has 9 rings (SSSR count). The van der Waals surface area contributed by atoms with Crippen molar-refractivity contribution in [2.45, 2.75) is 0 Å². The summed E-state index contributed by atoms with van der Waals surface area (Å²) in [5.74, 6) is 0. The van der Waals surface area contributed by atoms with E-state index in [1.165, 1.54) is 42.1 Å². The fourth-order valence-electron chi connectivity index (χ4n) is 6.49. The lowest BCUT2D eigenvalue weighted by atomic mass is 9.96. The third-order valence-corrected chi connectivity index (χ3v) is 9.81. The van der Waals surface area contributed by atoms with Gasteiger partial charge in [-0.25, -0.2) is 9.97 Å². The van der Waals surface area contributed by atoms with Gasteiger partial charge >= 0.3 is 0 Å². The molecule has 0 saturated heterocycles. The summed E-state index contributed by atoms with van der Waals surface area (Å²) in [5, 5.41) is 5.05. The van der Waals surface area contributed by atoms with E-state index in [0.717, 1.165) is 44.7 Å². The Morgan fingerprint density at radius 1 is 0.400 bits per heavy atom. The van der Waals surface area contributed by atoms with E-state index >= 15 is 0 Å². The van der Waals surface area contributed by atoms with Crippen molar-refractivity contribution >= 4 is 53.3 Å². The molecule has 0 aliphatic rings. The zero-order chi connectivity index (χ0) is 29.7. The SMILES string of the molecule is c1ccc(-c2nc3c(-c4ccc(-c5cccc6sc7ccccc7c56)cc4)cccc3nc2-c2ccc3ccccc3c2)cc1. The molecule has 0 N–H and O–H groups in total. The number of nitrogens with zero attached hydrogens (tertiary/aromatic N) is 2. The molecule has 0 spiro atoms. The van der Waals surface area contributed by atoms with Crippen molar-refractivity contribution in [3.63, 3.8) is 0 Å². The van der Waals surface area contributed by atoms with Gasteiger partial charge in [-0.15, -0.1) is 11.3 Å². The minimum atomic E-state index is 0.883. The van der Waals surface area contributed by atoms with Gasteiger partial charge in [-0.2, -0.15) is 0 Å². The van der Waals surface area contributed by atoms with Crippen LogP contribution in [0.4, 0.5) is 0 Å². The van der Waals surface area contributed by atoms with E-state index in [1.807, 2.05) is 17.4 Å². The summed E-state index contributed by atoms with van der Waals surface area (Å²) < 4.78 is 2.64. The number of thiophene rings is 1. The number of para-hydroxylation sites is 1. The highest BCUT2D eigenvalue weighted by Crippen LogP contribution is 2.41. The van der Waals surface area contributed by atoms with E-state index in [-0.39, 0.29) is 0 Å². The molecular weight excluding hydrogens is 565 g/mol. The predicted molar refractivity (Wildman–Crippen MR) is 192 cm³/mol. The summed E-state index contributed by atoms with van der Waals surface area (Å²) in [7, 11) is 0. The van der Waals surface area contributed by atoms with Crippen molar-refractivity contribution in [1.29, 1.82) is 0 Å². The average molecular weight is 591 g/mol. The van der Waals surface area contributed by atoms with Crippen molar-refractivity contribution in [3.8, 4) is 44.8 Å². The summed E-state index contributed by atoms with van der Waals surface area (Å²) in [4.78, 5) is 10.6. The van der Waals surface area contributed by atoms with Crippen LogP contribution in [0.3, 0.4) is 0 Å². The van der Waals surface area contributed by atoms with Gasteiger partial charge in [0.25, 0.3) is 0 Å². The number of hydrogen-bond acceptors (Lipinski definition) is 3. The molecule has 3 heteroatoms. The Kier molecular flexibility index (Phi) is 6.03. The van der Waals surface area contributed by atoms with E-state index in [9.17, 15) is 0 Å². The van der Waals surface area contributed by atoms with Gasteiger partial charge in [0, 0.05) is 36.9 Å². The molecule has 0 amide bonds. The maximum atomic E-state index is 5.37. The van der Waals surface area contributed by atoms with E-state index in [0.29, 0.717) is 0 Å². The van der Waals surface area contributed by atoms with Crippen molar-refractivity contribution < 1.29 is 0 Å². The predicted octanol–water partition coefficient (Wildman–Crippen LogP) is 11.8. The quantitative estimate of drug-likeness (QED) is 0.204. The largest absolute Gasteiger partial charge is 0.244 e. The second-order valence-electron chi connectivity index (χ2n) is 11.4. The molecule has 0 aliphatic carbocycles. The van der Waals surface area contributed by atoms with Crippen molar-refractivity contribution in [2.24, 2.45) is 0 Å². The number of rotatable bonds is 4. The maximum absolute atomic E-state index is 5.37. The Bertz CT molecular complexity index is 2530. The van der Waals surface area contributed by atoms with Crippen LogP contribution in [0.5, 0.6) is 0 Å². The highest BCUT2D eigenvalue weighted by molar-refractivity contribution is 7.25. The lowest BCUT2D eigenvalue weighted by Crippen LogP contribution is -1.97. The van der Waals surface area contributed by atoms with Crippen LogP contribution in [0, 0.1) is 0 Å². The molecule has 0 atom stereocenters. The lowest BCUT2D eigenvalue weighted by molar-refractivity contribution is 1.29. The molecule has 7 aromatic carbocycles. The zero-order valence-electron chi connectivity index (χ0n) is 24.3. The Morgan fingerprint density at radius 2 is 1.04 bits per heavy atom. The highest BCUT2D eigenvalue weighted by Gasteiger charge is 2.17. The van der Waals surface area contributed by atoms with Gasteiger partial charge in [0.2, 0.25) is 0 Å². The Labute approximate surface area is 264 Å². The average Bonchev–Trinajstić information content (AvgIpc) is 3.50. The smallest absolute Gasteiger partial charge is 0.0973 e. The van der Waals surface area contributed by atoms with Crippen LogP contribution in [0.2, 0.25) is 0 Å². The van der Waals surface area contributed by atoms with Crippen molar-refractivity contribution in [2.75, 3.05) is 0 Å². The van der Waals surface area contributed by atoms with Crippen LogP contribution in [-0.2, 0) is 0 Å². The van der Waals surface area contributed by atoms with Gasteiger partial charge in [-0.3, -0.25) is 0 Å². The molecule has 210 valence electrons. The Hall–Kier alpha value is -5.64. The van der Waals surface area contributed by atoms with E-state index in [2.05, 4.69) is 152 Å². The minimum absolute atomic E-state index is 0.883. The maximum Gasteiger partial charge on any atom is 0.0973 e. The van der Waals surface area contributed by atoms with Gasteiger partial charge in [0.15, 0.2) is 0 Å². The van der Waals surface area contributed by atoms with Crippen molar-refractivity contribution in [3.05, 3.63) is 158 Å². The lowest BCUT2D eigenvalue weighted by Gasteiger charge is -2.14. The van der Waals surface area contributed by atoms with E-state index in [4.69, 9.17) is 9.97 Å². The topological polar surface area (TPSA) is 25.8 Å². The van der Waals surface area contributed by atoms with E-state index < -0.39 is 0 Å². The second-order valence-corrected chi connectivity index (χ2v) is 12.5. The van der Waals surface area contributed by atoms with E-state index in [1.54, 1.807) is 0 Å². The standard InChI is InChI=1S/C42H26N2S/c1-2-11-30(12-3-1)40-41(32-25-20-27-10-4-5-13-31(27)26-32)43-36-17-8-16-34(42(36)44-40)29-23-21-28(22-24-29)33-15-9-19-38-39(33)35-14-6-7-18-37(35)45-38/h1-26H. The van der Waals surface area contributed by atoms with Crippen LogP contribution in [0.25, 0.3) is 86.7 Å². The van der Waals surface area contributed by atoms with Crippen molar-refractivity contribution in [1.82, 2.24) is 9.97 Å². The molecule has 2 nitrogen and oxygen atoms in total. The summed E-state index contributed by atoms with van der Waals surface area (Å²) >= 11 is 1.86. The molecule has 0 aliphatic heterocycles. The van der Waals surface area contributed by atoms with Gasteiger partial charge in [-0.05, 0) is 51.7 Å². The molecule has 0 radical (unpaired) electrons. The van der Waals surface area contributed by atoms with Gasteiger partial charge in [0.05, 0.1) is 22.4 Å². The fourth-order valence-corrected chi connectivity index (χ4v) is 7.62. The van der Waals surface area contributed by atoms with Crippen LogP contribution >= 0.6 is 11.3 Å². The normalized spacial score (nSPS) is 11.6. The van der Waals surface area contributed by atoms with Crippen LogP contribution in [0.15, 0.2) is 158 Å². The van der Waals surface area contributed by atoms with Crippen LogP contribution < -0.4 is 0 Å². The first-order chi connectivity index (χ1) is 22.3. The zero-order valence-corrected chi connectivity index (χ0v) is 25.1. The summed E-state index contributed by atoms with van der Waals surface area (Å²) in [6.45, 7) is 0. The molecule has 45 heavy (non-hydrogen) atoms. The third-order valence-electron chi connectivity index (χ3n) is 8.67. The van der Waals surface area contributed by atoms with Gasteiger partial charge < -0.3 is 0 Å². The summed E-state index contributed by atoms with van der Waals surface area (Å²) in [5.41, 5.74) is 10.4. The number of aromatic nitrogens is 2. The monoisotopic (exact) mass is 590 g/mol. The van der Waals surface area contributed by atoms with Gasteiger partial charge in [-0.1, -0.05) is 133 Å². The Morgan fingerprint density at radius 3 is 1.91 bits per heavy atom. The molecule has 0 saturated carbocycles. The van der Waals surface area contributed by atoms with Crippen LogP contribution in [-0.4, -0.2) is 9.97 Å². The molecule has 0 unspecified atom stereocenters. The Balaban J connectivity index is 1.19. The first-order valence-electron chi connectivity index (χ1n) is 15.2. The summed E-state index contributed by atoms with van der Waals surface area (Å²) in [6, 6.07) is 56.0. The molecule has 0 bridgehead atoms. The van der Waals surface area contributed by atoms with Crippen LogP contribution in [0.1, 0.15) is 0 Å². The fraction of sp³-hybridized carbons (Fsp3) is 0. The molecule has 2 heterocycles. The molecule has 9 aromatic rings. The number of fused-ring (bicyclic) bond motifs is 5. The number of benzene rings is 7. The highest BCUT2D eigenvalue weighted by atomic mass is 32.1. The first-order valence-corrected chi connectivity index (χ1v) is 16.0. The minimum Gasteiger partial charge on any atom is -0.244 e. The summed E-state index contributed by atoms with van der Waals surface area (Å²) in [6.07, 6.45) is 0. The third kappa shape index (κ3) is 4.40. The number of hydrogen-bond donors (Lipinski definition) is 0. The van der Waals surface area contributed by atoms with Gasteiger partial charge in [0.1, 0.15) is 0 Å². The second kappa shape index (κ2) is 10.5. The molecular formula is C42H26N2S. The molecule has 2 aromatic heterocycles.